The van der Waals surface area contributed by atoms with Gasteiger partial charge in [0.05, 0.1) is 12.2 Å². The lowest BCUT2D eigenvalue weighted by Gasteiger charge is -2.37. The molecule has 2 N–H and O–H groups in total. The molecule has 1 aromatic carbocycles. The van der Waals surface area contributed by atoms with Crippen LogP contribution in [-0.4, -0.2) is 27.7 Å². The number of carbonyl (C=O) groups excluding carboxylic acids is 1. The molecule has 4 heteroatoms. The molecule has 4 nitrogen and oxygen atoms in total. The van der Waals surface area contributed by atoms with E-state index in [1.54, 1.807) is 19.9 Å². The molecule has 0 aliphatic carbocycles. The first-order valence-electron chi connectivity index (χ1n) is 8.86. The number of rotatable bonds is 5. The lowest BCUT2D eigenvalue weighted by atomic mass is 9.85. The van der Waals surface area contributed by atoms with Crippen molar-refractivity contribution in [2.45, 2.75) is 59.4 Å². The predicted molar refractivity (Wildman–Crippen MR) is 104 cm³/mol. The summed E-state index contributed by atoms with van der Waals surface area (Å²) in [6.07, 6.45) is 9.12. The normalized spacial score (nSPS) is 18.9. The minimum atomic E-state index is -1.23. The molecule has 26 heavy (non-hydrogen) atoms. The van der Waals surface area contributed by atoms with Gasteiger partial charge in [0.15, 0.2) is 11.9 Å². The minimum Gasteiger partial charge on any atom is -0.483 e. The van der Waals surface area contributed by atoms with Crippen molar-refractivity contribution in [3.05, 3.63) is 58.2 Å². The van der Waals surface area contributed by atoms with Gasteiger partial charge in [0.2, 0.25) is 0 Å². The van der Waals surface area contributed by atoms with Crippen LogP contribution in [0.5, 0.6) is 5.75 Å². The van der Waals surface area contributed by atoms with Crippen molar-refractivity contribution in [3.63, 3.8) is 0 Å². The van der Waals surface area contributed by atoms with Gasteiger partial charge < -0.3 is 14.9 Å². The van der Waals surface area contributed by atoms with Gasteiger partial charge in [0, 0.05) is 5.56 Å². The summed E-state index contributed by atoms with van der Waals surface area (Å²) < 4.78 is 5.95. The van der Waals surface area contributed by atoms with E-state index >= 15 is 0 Å². The summed E-state index contributed by atoms with van der Waals surface area (Å²) in [4.78, 5) is 12.7. The highest BCUT2D eigenvalue weighted by Gasteiger charge is 2.43. The van der Waals surface area contributed by atoms with Gasteiger partial charge in [0.25, 0.3) is 0 Å². The van der Waals surface area contributed by atoms with Gasteiger partial charge in [-0.05, 0) is 58.2 Å². The fourth-order valence-corrected chi connectivity index (χ4v) is 2.99. The molecule has 0 spiro atoms. The lowest BCUT2D eigenvalue weighted by molar-refractivity contribution is -0.0260. The molecule has 1 aliphatic rings. The number of Topliss-reactive ketones (excluding diaryl/α,β-unsaturated/α-hetero) is 1. The summed E-state index contributed by atoms with van der Waals surface area (Å²) in [6, 6.07) is 1.78. The summed E-state index contributed by atoms with van der Waals surface area (Å²) in [5.41, 5.74) is 2.80. The van der Waals surface area contributed by atoms with Crippen molar-refractivity contribution < 1.29 is 19.7 Å². The van der Waals surface area contributed by atoms with Crippen LogP contribution in [0.3, 0.4) is 0 Å². The molecule has 0 saturated carbocycles. The van der Waals surface area contributed by atoms with E-state index in [9.17, 15) is 15.0 Å². The Morgan fingerprint density at radius 3 is 2.58 bits per heavy atom. The maximum Gasteiger partial charge on any atom is 0.199 e. The first kappa shape index (κ1) is 20.1. The lowest BCUT2D eigenvalue weighted by Crippen LogP contribution is -2.50. The molecule has 0 aromatic heterocycles. The predicted octanol–water partition coefficient (Wildman–Crippen LogP) is 3.99. The van der Waals surface area contributed by atoms with Crippen molar-refractivity contribution in [1.29, 1.82) is 0 Å². The maximum atomic E-state index is 12.7. The number of ether oxygens (including phenoxy) is 1. The van der Waals surface area contributed by atoms with Crippen molar-refractivity contribution in [1.82, 2.24) is 0 Å². The smallest absolute Gasteiger partial charge is 0.199 e. The molecular weight excluding hydrogens is 328 g/mol. The van der Waals surface area contributed by atoms with Crippen LogP contribution in [0.1, 0.15) is 61.7 Å². The number of ketones is 1. The maximum absolute atomic E-state index is 12.7. The third-order valence-corrected chi connectivity index (χ3v) is 4.50. The topological polar surface area (TPSA) is 66.8 Å². The molecule has 0 saturated heterocycles. The number of allylic oxidation sites excluding steroid dienone is 5. The van der Waals surface area contributed by atoms with Gasteiger partial charge in [-0.2, -0.15) is 0 Å². The van der Waals surface area contributed by atoms with Crippen LogP contribution in [0.4, 0.5) is 0 Å². The fraction of sp³-hybridized carbons (Fsp3) is 0.409. The first-order chi connectivity index (χ1) is 12.2. The van der Waals surface area contributed by atoms with Crippen molar-refractivity contribution in [3.8, 4) is 5.75 Å². The second-order valence-corrected chi connectivity index (χ2v) is 7.31. The van der Waals surface area contributed by atoms with E-state index in [0.717, 1.165) is 11.1 Å². The Morgan fingerprint density at radius 2 is 2.00 bits per heavy atom. The minimum absolute atomic E-state index is 0.250. The number of benzene rings is 1. The monoisotopic (exact) mass is 356 g/mol. The fourth-order valence-electron chi connectivity index (χ4n) is 2.99. The van der Waals surface area contributed by atoms with E-state index < -0.39 is 11.7 Å². The molecule has 0 fully saturated rings. The standard InChI is InChI=1S/C22H28O4/c1-6-7-8-9-16-15(11-10-14(2)3)12-17-19(24)21(25)22(4,5)26-20(17)18(16)13-23/h6-10,12,21,23,25H,11,13H2,1-5H3/b7-6+,9-8+/t21-/m0/s1. The van der Waals surface area contributed by atoms with Gasteiger partial charge in [-0.25, -0.2) is 0 Å². The van der Waals surface area contributed by atoms with Crippen LogP contribution < -0.4 is 4.74 Å². The molecule has 1 atom stereocenters. The highest BCUT2D eigenvalue weighted by atomic mass is 16.5. The Labute approximate surface area is 155 Å². The average molecular weight is 356 g/mol. The van der Waals surface area contributed by atoms with Crippen LogP contribution in [-0.2, 0) is 13.0 Å². The largest absolute Gasteiger partial charge is 0.483 e. The molecular formula is C22H28O4. The quantitative estimate of drug-likeness (QED) is 0.618. The molecule has 0 amide bonds. The molecule has 1 heterocycles. The number of fused-ring (bicyclic) bond motifs is 1. The number of aliphatic hydroxyl groups excluding tert-OH is 2. The van der Waals surface area contributed by atoms with E-state index in [4.69, 9.17) is 4.74 Å². The molecule has 1 aromatic rings. The summed E-state index contributed by atoms with van der Waals surface area (Å²) in [5, 5.41) is 20.3. The highest BCUT2D eigenvalue weighted by molar-refractivity contribution is 6.04. The summed E-state index contributed by atoms with van der Waals surface area (Å²) in [6.45, 7) is 9.06. The van der Waals surface area contributed by atoms with E-state index in [0.29, 0.717) is 23.3 Å². The number of hydrogen-bond donors (Lipinski definition) is 2. The third-order valence-electron chi connectivity index (χ3n) is 4.50. The van der Waals surface area contributed by atoms with E-state index in [2.05, 4.69) is 6.08 Å². The SMILES string of the molecule is C/C=C/C=C/c1c(CC=C(C)C)cc2c(c1CO)OC(C)(C)[C@@H](O)C2=O. The third kappa shape index (κ3) is 3.97. The molecule has 0 unspecified atom stereocenters. The van der Waals surface area contributed by atoms with Crippen molar-refractivity contribution in [2.75, 3.05) is 0 Å². The van der Waals surface area contributed by atoms with E-state index in [1.165, 1.54) is 5.57 Å². The average Bonchev–Trinajstić information content (AvgIpc) is 2.58. The van der Waals surface area contributed by atoms with Crippen LogP contribution in [0, 0.1) is 0 Å². The Hall–Kier alpha value is -2.17. The molecule has 0 radical (unpaired) electrons. The highest BCUT2D eigenvalue weighted by Crippen LogP contribution is 2.40. The van der Waals surface area contributed by atoms with Crippen molar-refractivity contribution in [2.24, 2.45) is 0 Å². The van der Waals surface area contributed by atoms with Gasteiger partial charge in [-0.15, -0.1) is 0 Å². The zero-order valence-corrected chi connectivity index (χ0v) is 16.2. The van der Waals surface area contributed by atoms with Gasteiger partial charge >= 0.3 is 0 Å². The summed E-state index contributed by atoms with van der Waals surface area (Å²) in [5.74, 6) is 0.00209. The van der Waals surface area contributed by atoms with Crippen LogP contribution in [0.2, 0.25) is 0 Å². The Balaban J connectivity index is 2.73. The van der Waals surface area contributed by atoms with E-state index in [1.807, 2.05) is 45.1 Å². The van der Waals surface area contributed by atoms with E-state index in [-0.39, 0.29) is 12.4 Å². The molecule has 0 bridgehead atoms. The molecule has 2 rings (SSSR count). The Morgan fingerprint density at radius 1 is 1.31 bits per heavy atom. The van der Waals surface area contributed by atoms with Crippen LogP contribution >= 0.6 is 0 Å². The van der Waals surface area contributed by atoms with Gasteiger partial charge in [-0.1, -0.05) is 36.0 Å². The van der Waals surface area contributed by atoms with Crippen molar-refractivity contribution >= 4 is 11.9 Å². The second-order valence-electron chi connectivity index (χ2n) is 7.31. The van der Waals surface area contributed by atoms with Gasteiger partial charge in [0.1, 0.15) is 11.4 Å². The number of carbonyl (C=O) groups is 1. The Bertz CT molecular complexity index is 778. The zero-order chi connectivity index (χ0) is 19.5. The molecule has 1 aliphatic heterocycles. The summed E-state index contributed by atoms with van der Waals surface area (Å²) in [7, 11) is 0. The Kier molecular flexibility index (Phi) is 6.21. The first-order valence-corrected chi connectivity index (χ1v) is 8.86. The van der Waals surface area contributed by atoms with Gasteiger partial charge in [-0.3, -0.25) is 4.79 Å². The number of hydrogen-bond acceptors (Lipinski definition) is 4. The molecule has 140 valence electrons. The number of aliphatic hydroxyl groups is 2. The van der Waals surface area contributed by atoms with Crippen LogP contribution in [0.25, 0.3) is 6.08 Å². The van der Waals surface area contributed by atoms with Crippen LogP contribution in [0.15, 0.2) is 35.9 Å². The zero-order valence-electron chi connectivity index (χ0n) is 16.2. The second kappa shape index (κ2) is 8.02. The summed E-state index contributed by atoms with van der Waals surface area (Å²) >= 11 is 0.